The van der Waals surface area contributed by atoms with Gasteiger partial charge in [-0.05, 0) is 29.8 Å². The predicted molar refractivity (Wildman–Crippen MR) is 97.5 cm³/mol. The number of anilines is 2. The standard InChI is InChI=1S/C21H17F2N3/c22-16-10-9-13(11-17(16)23)12-26-20-14-5-1-3-7-18(14)24-21(26)15-6-2-4-8-19(15)25-20/h1-11,20-21,24-25H,12H2/t20-,21-/m1/s1. The van der Waals surface area contributed by atoms with E-state index in [0.29, 0.717) is 6.54 Å². The molecule has 0 unspecified atom stereocenters. The van der Waals surface area contributed by atoms with Gasteiger partial charge in [0.1, 0.15) is 12.3 Å². The van der Waals surface area contributed by atoms with E-state index < -0.39 is 11.6 Å². The lowest BCUT2D eigenvalue weighted by Gasteiger charge is -2.49. The molecule has 2 aliphatic heterocycles. The van der Waals surface area contributed by atoms with Crippen molar-refractivity contribution < 1.29 is 8.78 Å². The molecule has 2 heterocycles. The van der Waals surface area contributed by atoms with E-state index in [-0.39, 0.29) is 12.3 Å². The number of para-hydroxylation sites is 2. The minimum absolute atomic E-state index is 0.0412. The molecule has 3 aromatic rings. The minimum atomic E-state index is -0.820. The van der Waals surface area contributed by atoms with Gasteiger partial charge in [-0.1, -0.05) is 42.5 Å². The SMILES string of the molecule is Fc1ccc(CN2[C@H]3Nc4ccccc4[C@@H]2Nc2ccccc23)cc1F. The van der Waals surface area contributed by atoms with E-state index in [1.807, 2.05) is 24.3 Å². The molecule has 3 aromatic carbocycles. The molecule has 130 valence electrons. The Balaban J connectivity index is 1.59. The lowest BCUT2D eigenvalue weighted by molar-refractivity contribution is 0.138. The predicted octanol–water partition coefficient (Wildman–Crippen LogP) is 5.02. The molecule has 0 radical (unpaired) electrons. The van der Waals surface area contributed by atoms with Crippen LogP contribution in [0.4, 0.5) is 20.2 Å². The second-order valence-electron chi connectivity index (χ2n) is 6.69. The zero-order chi connectivity index (χ0) is 17.7. The maximum Gasteiger partial charge on any atom is 0.159 e. The van der Waals surface area contributed by atoms with Crippen molar-refractivity contribution in [3.8, 4) is 0 Å². The van der Waals surface area contributed by atoms with Crippen molar-refractivity contribution in [3.63, 3.8) is 0 Å². The molecular weight excluding hydrogens is 332 g/mol. The van der Waals surface area contributed by atoms with E-state index in [0.717, 1.165) is 28.1 Å². The molecule has 0 fully saturated rings. The van der Waals surface area contributed by atoms with Crippen molar-refractivity contribution >= 4 is 11.4 Å². The summed E-state index contributed by atoms with van der Waals surface area (Å²) in [6.45, 7) is 0.495. The number of nitrogens with zero attached hydrogens (tertiary/aromatic N) is 1. The molecule has 2 atom stereocenters. The van der Waals surface area contributed by atoms with Gasteiger partial charge in [0.15, 0.2) is 11.6 Å². The van der Waals surface area contributed by atoms with Gasteiger partial charge in [0, 0.05) is 29.0 Å². The first kappa shape index (κ1) is 15.3. The van der Waals surface area contributed by atoms with Crippen molar-refractivity contribution in [3.05, 3.63) is 95.1 Å². The van der Waals surface area contributed by atoms with Crippen LogP contribution in [0.15, 0.2) is 66.7 Å². The van der Waals surface area contributed by atoms with E-state index in [4.69, 9.17) is 0 Å². The number of rotatable bonds is 2. The molecule has 2 bridgehead atoms. The van der Waals surface area contributed by atoms with Crippen LogP contribution < -0.4 is 10.6 Å². The van der Waals surface area contributed by atoms with Gasteiger partial charge in [-0.3, -0.25) is 4.90 Å². The molecular formula is C21H17F2N3. The van der Waals surface area contributed by atoms with Crippen molar-refractivity contribution in [2.24, 2.45) is 0 Å². The summed E-state index contributed by atoms with van der Waals surface area (Å²) in [5.74, 6) is -1.63. The molecule has 2 aliphatic rings. The number of nitrogens with one attached hydrogen (secondary N) is 2. The van der Waals surface area contributed by atoms with E-state index in [9.17, 15) is 8.78 Å². The lowest BCUT2D eigenvalue weighted by atomic mass is 9.95. The third kappa shape index (κ3) is 2.35. The van der Waals surface area contributed by atoms with Gasteiger partial charge in [-0.2, -0.15) is 0 Å². The molecule has 5 heteroatoms. The highest BCUT2D eigenvalue weighted by atomic mass is 19.2. The molecule has 0 spiro atoms. The summed E-state index contributed by atoms with van der Waals surface area (Å²) in [6.07, 6.45) is -0.0825. The van der Waals surface area contributed by atoms with Gasteiger partial charge >= 0.3 is 0 Å². The van der Waals surface area contributed by atoms with Gasteiger partial charge in [0.25, 0.3) is 0 Å². The number of halogens is 2. The molecule has 0 aromatic heterocycles. The molecule has 26 heavy (non-hydrogen) atoms. The van der Waals surface area contributed by atoms with Crippen LogP contribution in [0.25, 0.3) is 0 Å². The fourth-order valence-corrected chi connectivity index (χ4v) is 3.89. The van der Waals surface area contributed by atoms with Crippen molar-refractivity contribution in [2.45, 2.75) is 18.9 Å². The first-order chi connectivity index (χ1) is 12.7. The van der Waals surface area contributed by atoms with Crippen LogP contribution >= 0.6 is 0 Å². The molecule has 3 nitrogen and oxygen atoms in total. The van der Waals surface area contributed by atoms with Gasteiger partial charge in [0.2, 0.25) is 0 Å². The minimum Gasteiger partial charge on any atom is -0.365 e. The Morgan fingerprint density at radius 2 is 1.31 bits per heavy atom. The first-order valence-corrected chi connectivity index (χ1v) is 8.61. The van der Waals surface area contributed by atoms with Crippen LogP contribution in [-0.2, 0) is 6.54 Å². The number of hydrogen-bond acceptors (Lipinski definition) is 3. The third-order valence-electron chi connectivity index (χ3n) is 5.11. The molecule has 5 rings (SSSR count). The fourth-order valence-electron chi connectivity index (χ4n) is 3.89. The summed E-state index contributed by atoms with van der Waals surface area (Å²) >= 11 is 0. The zero-order valence-corrected chi connectivity index (χ0v) is 13.9. The number of hydrogen-bond donors (Lipinski definition) is 2. The Kier molecular flexibility index (Phi) is 3.43. The van der Waals surface area contributed by atoms with Crippen LogP contribution in [0.5, 0.6) is 0 Å². The van der Waals surface area contributed by atoms with Gasteiger partial charge in [0.05, 0.1) is 0 Å². The van der Waals surface area contributed by atoms with Crippen LogP contribution in [0.2, 0.25) is 0 Å². The van der Waals surface area contributed by atoms with Gasteiger partial charge < -0.3 is 10.6 Å². The summed E-state index contributed by atoms with van der Waals surface area (Å²) < 4.78 is 27.0. The smallest absolute Gasteiger partial charge is 0.159 e. The number of fused-ring (bicyclic) bond motifs is 6. The highest BCUT2D eigenvalue weighted by Crippen LogP contribution is 2.47. The lowest BCUT2D eigenvalue weighted by Crippen LogP contribution is -2.47. The Labute approximate surface area is 150 Å². The van der Waals surface area contributed by atoms with E-state index in [1.54, 1.807) is 6.07 Å². The average Bonchev–Trinajstić information content (AvgIpc) is 2.65. The average molecular weight is 349 g/mol. The van der Waals surface area contributed by atoms with Crippen LogP contribution in [0.1, 0.15) is 29.0 Å². The monoisotopic (exact) mass is 349 g/mol. The highest BCUT2D eigenvalue weighted by Gasteiger charge is 2.39. The maximum absolute atomic E-state index is 13.7. The molecule has 0 aliphatic carbocycles. The van der Waals surface area contributed by atoms with Crippen molar-refractivity contribution in [2.75, 3.05) is 10.6 Å². The normalized spacial score (nSPS) is 20.5. The van der Waals surface area contributed by atoms with Gasteiger partial charge in [-0.25, -0.2) is 8.78 Å². The topological polar surface area (TPSA) is 27.3 Å². The summed E-state index contributed by atoms with van der Waals surface area (Å²) in [4.78, 5) is 2.23. The Morgan fingerprint density at radius 3 is 1.88 bits per heavy atom. The quantitative estimate of drug-likeness (QED) is 0.681. The highest BCUT2D eigenvalue weighted by molar-refractivity contribution is 5.65. The maximum atomic E-state index is 13.7. The first-order valence-electron chi connectivity index (χ1n) is 8.61. The second kappa shape index (κ2) is 5.81. The van der Waals surface area contributed by atoms with E-state index >= 15 is 0 Å². The second-order valence-corrected chi connectivity index (χ2v) is 6.69. The molecule has 0 saturated heterocycles. The van der Waals surface area contributed by atoms with Crippen LogP contribution in [-0.4, -0.2) is 4.90 Å². The largest absolute Gasteiger partial charge is 0.365 e. The molecule has 0 saturated carbocycles. The fraction of sp³-hybridized carbons (Fsp3) is 0.143. The summed E-state index contributed by atoms with van der Waals surface area (Å²) in [6, 6.07) is 20.5. The molecule has 0 amide bonds. The zero-order valence-electron chi connectivity index (χ0n) is 13.9. The summed E-state index contributed by atoms with van der Waals surface area (Å²) in [7, 11) is 0. The third-order valence-corrected chi connectivity index (χ3v) is 5.11. The van der Waals surface area contributed by atoms with Crippen LogP contribution in [0, 0.1) is 11.6 Å². The number of benzene rings is 3. The summed E-state index contributed by atoms with van der Waals surface area (Å²) in [5, 5.41) is 7.20. The van der Waals surface area contributed by atoms with Gasteiger partial charge in [-0.15, -0.1) is 0 Å². The Morgan fingerprint density at radius 1 is 0.731 bits per heavy atom. The van der Waals surface area contributed by atoms with E-state index in [1.165, 1.54) is 12.1 Å². The Hall–Kier alpha value is -2.92. The van der Waals surface area contributed by atoms with E-state index in [2.05, 4.69) is 39.8 Å². The van der Waals surface area contributed by atoms with Crippen molar-refractivity contribution in [1.29, 1.82) is 0 Å². The summed E-state index contributed by atoms with van der Waals surface area (Å²) in [5.41, 5.74) is 5.19. The molecule has 2 N–H and O–H groups in total. The van der Waals surface area contributed by atoms with Crippen molar-refractivity contribution in [1.82, 2.24) is 4.90 Å². The van der Waals surface area contributed by atoms with Crippen LogP contribution in [0.3, 0.4) is 0 Å². The Bertz CT molecular complexity index is 935.